The number of phenols is 1. The van der Waals surface area contributed by atoms with E-state index in [1.807, 2.05) is 30.3 Å². The molecule has 2 N–H and O–H groups in total. The van der Waals surface area contributed by atoms with Gasteiger partial charge in [-0.1, -0.05) is 12.1 Å². The lowest BCUT2D eigenvalue weighted by Crippen LogP contribution is -2.24. The summed E-state index contributed by atoms with van der Waals surface area (Å²) in [6, 6.07) is 14.2. The van der Waals surface area contributed by atoms with Gasteiger partial charge in [0.15, 0.2) is 0 Å². The molecule has 0 spiro atoms. The zero-order valence-electron chi connectivity index (χ0n) is 13.9. The van der Waals surface area contributed by atoms with E-state index >= 15 is 0 Å². The van der Waals surface area contributed by atoms with Crippen LogP contribution < -0.4 is 4.74 Å². The number of nitrogens with one attached hydrogen (secondary N) is 1. The summed E-state index contributed by atoms with van der Waals surface area (Å²) < 4.78 is 5.20. The third kappa shape index (κ3) is 2.34. The lowest BCUT2D eigenvalue weighted by molar-refractivity contribution is 0.0787. The molecule has 2 heterocycles. The molecule has 25 heavy (non-hydrogen) atoms. The molecular formula is C19H17N3O3. The normalized spacial score (nSPS) is 16.2. The number of hydrogen-bond donors (Lipinski definition) is 2. The molecule has 4 rings (SSSR count). The number of rotatable bonds is 3. The zero-order valence-corrected chi connectivity index (χ0v) is 13.9. The molecule has 1 aromatic heterocycles. The molecule has 2 aromatic carbocycles. The molecule has 6 heteroatoms. The molecule has 126 valence electrons. The lowest BCUT2D eigenvalue weighted by atomic mass is 9.96. The van der Waals surface area contributed by atoms with Crippen molar-refractivity contribution >= 4 is 5.91 Å². The molecule has 0 aliphatic carbocycles. The summed E-state index contributed by atoms with van der Waals surface area (Å²) in [5.74, 6) is 0.811. The van der Waals surface area contributed by atoms with E-state index in [1.165, 1.54) is 0 Å². The van der Waals surface area contributed by atoms with Crippen molar-refractivity contribution in [2.75, 3.05) is 14.2 Å². The maximum absolute atomic E-state index is 12.6. The Kier molecular flexibility index (Phi) is 3.46. The topological polar surface area (TPSA) is 78.5 Å². The van der Waals surface area contributed by atoms with Gasteiger partial charge in [-0.2, -0.15) is 5.10 Å². The Hall–Kier alpha value is -3.28. The van der Waals surface area contributed by atoms with E-state index < -0.39 is 0 Å². The van der Waals surface area contributed by atoms with Crippen LogP contribution in [0.5, 0.6) is 11.5 Å². The molecule has 0 fully saturated rings. The first kappa shape index (κ1) is 15.3. The second-order valence-corrected chi connectivity index (χ2v) is 6.00. The van der Waals surface area contributed by atoms with E-state index in [1.54, 1.807) is 37.3 Å². The minimum atomic E-state index is -0.301. The van der Waals surface area contributed by atoms with E-state index in [4.69, 9.17) is 4.74 Å². The number of benzene rings is 2. The average molecular weight is 335 g/mol. The summed E-state index contributed by atoms with van der Waals surface area (Å²) in [5, 5.41) is 17.1. The van der Waals surface area contributed by atoms with Gasteiger partial charge < -0.3 is 14.7 Å². The lowest BCUT2D eigenvalue weighted by Gasteiger charge is -2.22. The van der Waals surface area contributed by atoms with Crippen molar-refractivity contribution in [3.63, 3.8) is 0 Å². The van der Waals surface area contributed by atoms with Crippen LogP contribution in [0, 0.1) is 0 Å². The van der Waals surface area contributed by atoms with Crippen molar-refractivity contribution in [2.45, 2.75) is 6.04 Å². The van der Waals surface area contributed by atoms with E-state index in [0.717, 1.165) is 28.1 Å². The molecule has 1 amide bonds. The number of aromatic amines is 1. The predicted octanol–water partition coefficient (Wildman–Crippen LogP) is 2.97. The first-order chi connectivity index (χ1) is 12.1. The van der Waals surface area contributed by atoms with Crippen molar-refractivity contribution in [2.24, 2.45) is 0 Å². The van der Waals surface area contributed by atoms with E-state index in [9.17, 15) is 9.90 Å². The number of aromatic hydroxyl groups is 1. The number of hydrogen-bond acceptors (Lipinski definition) is 4. The minimum Gasteiger partial charge on any atom is -0.508 e. The molecule has 1 aliphatic rings. The van der Waals surface area contributed by atoms with E-state index in [0.29, 0.717) is 5.69 Å². The number of fused-ring (bicyclic) bond motifs is 1. The second kappa shape index (κ2) is 5.66. The van der Waals surface area contributed by atoms with Crippen LogP contribution in [-0.2, 0) is 0 Å². The maximum atomic E-state index is 12.6. The smallest absolute Gasteiger partial charge is 0.272 e. The number of nitrogens with zero attached hydrogens (tertiary/aromatic N) is 2. The molecule has 0 bridgehead atoms. The van der Waals surface area contributed by atoms with Gasteiger partial charge in [0.2, 0.25) is 0 Å². The van der Waals surface area contributed by atoms with Gasteiger partial charge in [-0.3, -0.25) is 9.89 Å². The van der Waals surface area contributed by atoms with Crippen molar-refractivity contribution in [3.05, 3.63) is 65.4 Å². The fraction of sp³-hybridized carbons (Fsp3) is 0.158. The summed E-state index contributed by atoms with van der Waals surface area (Å²) >= 11 is 0. The third-order valence-corrected chi connectivity index (χ3v) is 4.55. The molecule has 0 radical (unpaired) electrons. The van der Waals surface area contributed by atoms with Crippen molar-refractivity contribution in [1.82, 2.24) is 15.1 Å². The van der Waals surface area contributed by atoms with Crippen molar-refractivity contribution in [3.8, 4) is 22.8 Å². The van der Waals surface area contributed by atoms with Crippen molar-refractivity contribution in [1.29, 1.82) is 0 Å². The van der Waals surface area contributed by atoms with Gasteiger partial charge in [0.05, 0.1) is 18.8 Å². The highest BCUT2D eigenvalue weighted by Gasteiger charge is 2.40. The number of carbonyl (C=O) groups excluding carboxylic acids is 1. The summed E-state index contributed by atoms with van der Waals surface area (Å²) in [6.45, 7) is 0. The number of amides is 1. The molecule has 6 nitrogen and oxygen atoms in total. The number of phenolic OH excluding ortho intramolecular Hbond substituents is 1. The highest BCUT2D eigenvalue weighted by Crippen LogP contribution is 2.42. The van der Waals surface area contributed by atoms with Crippen LogP contribution in [0.25, 0.3) is 11.3 Å². The molecule has 3 aromatic rings. The second-order valence-electron chi connectivity index (χ2n) is 6.00. The molecule has 1 atom stereocenters. The fourth-order valence-corrected chi connectivity index (χ4v) is 3.32. The molecular weight excluding hydrogens is 318 g/mol. The van der Waals surface area contributed by atoms with Crippen LogP contribution in [0.3, 0.4) is 0 Å². The summed E-state index contributed by atoms with van der Waals surface area (Å²) in [6.07, 6.45) is 0. The van der Waals surface area contributed by atoms with Crippen LogP contribution in [0.15, 0.2) is 48.5 Å². The van der Waals surface area contributed by atoms with E-state index in [2.05, 4.69) is 10.2 Å². The predicted molar refractivity (Wildman–Crippen MR) is 92.6 cm³/mol. The monoisotopic (exact) mass is 335 g/mol. The highest BCUT2D eigenvalue weighted by molar-refractivity contribution is 6.00. The highest BCUT2D eigenvalue weighted by atomic mass is 16.5. The molecule has 0 saturated carbocycles. The van der Waals surface area contributed by atoms with Crippen LogP contribution in [0.1, 0.15) is 27.7 Å². The Morgan fingerprint density at radius 3 is 2.64 bits per heavy atom. The fourth-order valence-electron chi connectivity index (χ4n) is 3.32. The van der Waals surface area contributed by atoms with E-state index in [-0.39, 0.29) is 17.7 Å². The first-order valence-electron chi connectivity index (χ1n) is 7.89. The maximum Gasteiger partial charge on any atom is 0.272 e. The minimum absolute atomic E-state index is 0.115. The quantitative estimate of drug-likeness (QED) is 0.771. The van der Waals surface area contributed by atoms with Gasteiger partial charge in [-0.05, 0) is 42.0 Å². The summed E-state index contributed by atoms with van der Waals surface area (Å²) in [4.78, 5) is 14.2. The number of aromatic nitrogens is 2. The standard InChI is InChI=1S/C19H17N3O3/c1-22-18(12-4-3-5-13(23)10-12)15-16(20-21-17(15)19(22)24)11-6-8-14(25-2)9-7-11/h3-10,18,23H,1-2H3,(H,20,21)/t18-/m0/s1. The van der Waals surface area contributed by atoms with Gasteiger partial charge in [0.25, 0.3) is 5.91 Å². The van der Waals surface area contributed by atoms with Gasteiger partial charge in [0.1, 0.15) is 17.2 Å². The molecule has 0 unspecified atom stereocenters. The van der Waals surface area contributed by atoms with Gasteiger partial charge in [-0.25, -0.2) is 0 Å². The third-order valence-electron chi connectivity index (χ3n) is 4.55. The Bertz CT molecular complexity index is 947. The largest absolute Gasteiger partial charge is 0.508 e. The average Bonchev–Trinajstić information content (AvgIpc) is 3.15. The van der Waals surface area contributed by atoms with Crippen LogP contribution >= 0.6 is 0 Å². The Morgan fingerprint density at radius 1 is 1.20 bits per heavy atom. The SMILES string of the molecule is COc1ccc(-c2n[nH]c3c2[C@H](c2cccc(O)c2)N(C)C3=O)cc1. The van der Waals surface area contributed by atoms with Crippen LogP contribution in [0.4, 0.5) is 0 Å². The zero-order chi connectivity index (χ0) is 17.6. The number of carbonyl (C=O) groups is 1. The number of methoxy groups -OCH3 is 1. The van der Waals surface area contributed by atoms with Crippen LogP contribution in [0.2, 0.25) is 0 Å². The van der Waals surface area contributed by atoms with Gasteiger partial charge >= 0.3 is 0 Å². The summed E-state index contributed by atoms with van der Waals surface area (Å²) in [5.41, 5.74) is 3.77. The first-order valence-corrected chi connectivity index (χ1v) is 7.89. The Morgan fingerprint density at radius 2 is 1.96 bits per heavy atom. The Balaban J connectivity index is 1.86. The number of ether oxygens (including phenoxy) is 1. The van der Waals surface area contributed by atoms with Crippen LogP contribution in [-0.4, -0.2) is 40.3 Å². The summed E-state index contributed by atoms with van der Waals surface area (Å²) in [7, 11) is 3.37. The Labute approximate surface area is 144 Å². The van der Waals surface area contributed by atoms with Gasteiger partial charge in [0, 0.05) is 18.2 Å². The van der Waals surface area contributed by atoms with Crippen molar-refractivity contribution < 1.29 is 14.6 Å². The molecule has 1 aliphatic heterocycles. The van der Waals surface area contributed by atoms with Gasteiger partial charge in [-0.15, -0.1) is 0 Å². The molecule has 0 saturated heterocycles. The number of H-pyrrole nitrogens is 1.